The number of carbonyl (C=O) groups excluding carboxylic acids is 2. The minimum atomic E-state index is -3.77. The number of hydrogen-bond donors (Lipinski definition) is 3. The van der Waals surface area contributed by atoms with Crippen LogP contribution in [0.25, 0.3) is 0 Å². The number of thiophene rings is 1. The third-order valence-electron chi connectivity index (χ3n) is 3.63. The van der Waals surface area contributed by atoms with Crippen molar-refractivity contribution in [3.05, 3.63) is 47.3 Å². The van der Waals surface area contributed by atoms with Crippen molar-refractivity contribution in [2.75, 3.05) is 12.4 Å². The predicted octanol–water partition coefficient (Wildman–Crippen LogP) is 2.05. The van der Waals surface area contributed by atoms with Crippen molar-refractivity contribution < 1.29 is 18.0 Å². The predicted molar refractivity (Wildman–Crippen MR) is 102 cm³/mol. The van der Waals surface area contributed by atoms with Crippen LogP contribution in [-0.4, -0.2) is 33.3 Å². The van der Waals surface area contributed by atoms with E-state index < -0.39 is 22.0 Å². The van der Waals surface area contributed by atoms with E-state index in [-0.39, 0.29) is 16.0 Å². The van der Waals surface area contributed by atoms with Gasteiger partial charge in [0.2, 0.25) is 5.91 Å². The number of nitrogens with one attached hydrogen (secondary N) is 3. The van der Waals surface area contributed by atoms with E-state index >= 15 is 0 Å². The fourth-order valence-electron chi connectivity index (χ4n) is 2.20. The molecule has 1 heterocycles. The smallest absolute Gasteiger partial charge is 0.251 e. The molecular weight excluding hydrogens is 374 g/mol. The van der Waals surface area contributed by atoms with Gasteiger partial charge < -0.3 is 10.6 Å². The highest BCUT2D eigenvalue weighted by Gasteiger charge is 2.29. The molecule has 0 bridgehead atoms. The summed E-state index contributed by atoms with van der Waals surface area (Å²) in [5.41, 5.74) is 0.938. The van der Waals surface area contributed by atoms with Gasteiger partial charge in [0.25, 0.3) is 15.9 Å². The third kappa shape index (κ3) is 4.90. The molecule has 9 heteroatoms. The lowest BCUT2D eigenvalue weighted by molar-refractivity contribution is -0.118. The van der Waals surface area contributed by atoms with Crippen molar-refractivity contribution in [1.29, 1.82) is 0 Å². The average molecular weight is 396 g/mol. The van der Waals surface area contributed by atoms with Crippen molar-refractivity contribution in [3.8, 4) is 0 Å². The SMILES string of the molecule is CNC(=O)c1ccc(NC(=O)C(NS(=O)(=O)c2cccs2)C(C)C)cc1. The second-order valence-corrected chi connectivity index (χ2v) is 8.81. The Morgan fingerprint density at radius 3 is 2.23 bits per heavy atom. The maximum atomic E-state index is 12.6. The number of amides is 2. The third-order valence-corrected chi connectivity index (χ3v) is 6.47. The molecule has 3 N–H and O–H groups in total. The Hall–Kier alpha value is -2.23. The Morgan fingerprint density at radius 2 is 1.73 bits per heavy atom. The Kier molecular flexibility index (Phi) is 6.52. The molecule has 0 spiro atoms. The lowest BCUT2D eigenvalue weighted by Gasteiger charge is -2.21. The van der Waals surface area contributed by atoms with Crippen molar-refractivity contribution in [3.63, 3.8) is 0 Å². The van der Waals surface area contributed by atoms with E-state index in [0.29, 0.717) is 11.3 Å². The topological polar surface area (TPSA) is 104 Å². The summed E-state index contributed by atoms with van der Waals surface area (Å²) in [5, 5.41) is 6.85. The molecule has 0 saturated heterocycles. The van der Waals surface area contributed by atoms with E-state index in [1.807, 2.05) is 0 Å². The zero-order valence-corrected chi connectivity index (χ0v) is 16.3. The fourth-order valence-corrected chi connectivity index (χ4v) is 4.56. The van der Waals surface area contributed by atoms with E-state index in [4.69, 9.17) is 0 Å². The molecule has 0 aliphatic carbocycles. The van der Waals surface area contributed by atoms with Gasteiger partial charge in [0.15, 0.2) is 0 Å². The molecule has 0 aliphatic heterocycles. The van der Waals surface area contributed by atoms with Gasteiger partial charge in [-0.15, -0.1) is 11.3 Å². The first-order valence-corrected chi connectivity index (χ1v) is 10.3. The number of hydrogen-bond acceptors (Lipinski definition) is 5. The monoisotopic (exact) mass is 395 g/mol. The molecular formula is C17H21N3O4S2. The Balaban J connectivity index is 2.12. The summed E-state index contributed by atoms with van der Waals surface area (Å²) in [6.45, 7) is 3.52. The summed E-state index contributed by atoms with van der Waals surface area (Å²) in [7, 11) is -2.23. The lowest BCUT2D eigenvalue weighted by atomic mass is 10.0. The summed E-state index contributed by atoms with van der Waals surface area (Å²) in [6.07, 6.45) is 0. The number of carbonyl (C=O) groups is 2. The van der Waals surface area contributed by atoms with E-state index in [2.05, 4.69) is 15.4 Å². The Bertz CT molecular complexity index is 860. The van der Waals surface area contributed by atoms with Crippen molar-refractivity contribution in [1.82, 2.24) is 10.0 Å². The maximum absolute atomic E-state index is 12.6. The molecule has 1 atom stereocenters. The second-order valence-electron chi connectivity index (χ2n) is 5.92. The van der Waals surface area contributed by atoms with Gasteiger partial charge in [0.1, 0.15) is 10.3 Å². The normalized spacial score (nSPS) is 12.6. The summed E-state index contributed by atoms with van der Waals surface area (Å²) >= 11 is 1.09. The number of sulfonamides is 1. The largest absolute Gasteiger partial charge is 0.355 e. The maximum Gasteiger partial charge on any atom is 0.251 e. The molecule has 2 aromatic rings. The zero-order chi connectivity index (χ0) is 19.3. The highest BCUT2D eigenvalue weighted by molar-refractivity contribution is 7.91. The highest BCUT2D eigenvalue weighted by atomic mass is 32.2. The van der Waals surface area contributed by atoms with E-state index in [9.17, 15) is 18.0 Å². The van der Waals surface area contributed by atoms with Crippen LogP contribution >= 0.6 is 11.3 Å². The summed E-state index contributed by atoms with van der Waals surface area (Å²) in [6, 6.07) is 8.53. The van der Waals surface area contributed by atoms with Crippen LogP contribution in [0.5, 0.6) is 0 Å². The van der Waals surface area contributed by atoms with Crippen molar-refractivity contribution in [2.45, 2.75) is 24.1 Å². The minimum absolute atomic E-state index is 0.158. The Morgan fingerprint density at radius 1 is 1.08 bits per heavy atom. The quantitative estimate of drug-likeness (QED) is 0.667. The van der Waals surface area contributed by atoms with Gasteiger partial charge in [0.05, 0.1) is 0 Å². The van der Waals surface area contributed by atoms with Crippen LogP contribution in [0.2, 0.25) is 0 Å². The van der Waals surface area contributed by atoms with Gasteiger partial charge in [-0.1, -0.05) is 19.9 Å². The number of rotatable bonds is 7. The van der Waals surface area contributed by atoms with E-state index in [0.717, 1.165) is 11.3 Å². The number of anilines is 1. The molecule has 0 aliphatic rings. The van der Waals surface area contributed by atoms with Crippen LogP contribution < -0.4 is 15.4 Å². The van der Waals surface area contributed by atoms with Crippen LogP contribution in [0.1, 0.15) is 24.2 Å². The fraction of sp³-hybridized carbons (Fsp3) is 0.294. The molecule has 140 valence electrons. The molecule has 1 aromatic heterocycles. The van der Waals surface area contributed by atoms with Crippen molar-refractivity contribution >= 4 is 38.9 Å². The highest BCUT2D eigenvalue weighted by Crippen LogP contribution is 2.18. The first-order chi connectivity index (χ1) is 12.2. The minimum Gasteiger partial charge on any atom is -0.355 e. The molecule has 0 fully saturated rings. The van der Waals surface area contributed by atoms with Crippen molar-refractivity contribution in [2.24, 2.45) is 5.92 Å². The van der Waals surface area contributed by atoms with Crippen LogP contribution in [0.4, 0.5) is 5.69 Å². The standard InChI is InChI=1S/C17H21N3O4S2/c1-11(2)15(20-26(23,24)14-5-4-10-25-14)17(22)19-13-8-6-12(7-9-13)16(21)18-3/h4-11,15,20H,1-3H3,(H,18,21)(H,19,22). The van der Waals surface area contributed by atoms with Crippen LogP contribution in [0.3, 0.4) is 0 Å². The van der Waals surface area contributed by atoms with Gasteiger partial charge in [0, 0.05) is 18.3 Å². The van der Waals surface area contributed by atoms with Gasteiger partial charge in [-0.05, 0) is 41.6 Å². The van der Waals surface area contributed by atoms with Gasteiger partial charge in [-0.2, -0.15) is 4.72 Å². The summed E-state index contributed by atoms with van der Waals surface area (Å²) < 4.78 is 27.4. The Labute approximate surface area is 156 Å². The molecule has 0 radical (unpaired) electrons. The van der Waals surface area contributed by atoms with Crippen LogP contribution in [0, 0.1) is 5.92 Å². The molecule has 26 heavy (non-hydrogen) atoms. The molecule has 7 nitrogen and oxygen atoms in total. The van der Waals surface area contributed by atoms with E-state index in [1.54, 1.807) is 49.6 Å². The second kappa shape index (κ2) is 8.43. The first-order valence-electron chi connectivity index (χ1n) is 7.93. The van der Waals surface area contributed by atoms with Gasteiger partial charge >= 0.3 is 0 Å². The first kappa shape index (κ1) is 20.1. The molecule has 0 saturated carbocycles. The molecule has 1 aromatic carbocycles. The molecule has 2 amide bonds. The number of benzene rings is 1. The lowest BCUT2D eigenvalue weighted by Crippen LogP contribution is -2.46. The molecule has 2 rings (SSSR count). The average Bonchev–Trinajstić information content (AvgIpc) is 3.15. The van der Waals surface area contributed by atoms with E-state index in [1.165, 1.54) is 13.1 Å². The van der Waals surface area contributed by atoms with Gasteiger partial charge in [-0.25, -0.2) is 8.42 Å². The van der Waals surface area contributed by atoms with Crippen LogP contribution in [0.15, 0.2) is 46.0 Å². The van der Waals surface area contributed by atoms with Gasteiger partial charge in [-0.3, -0.25) is 9.59 Å². The van der Waals surface area contributed by atoms with Crippen LogP contribution in [-0.2, 0) is 14.8 Å². The molecule has 1 unspecified atom stereocenters. The zero-order valence-electron chi connectivity index (χ0n) is 14.6. The summed E-state index contributed by atoms with van der Waals surface area (Å²) in [5.74, 6) is -0.950. The summed E-state index contributed by atoms with van der Waals surface area (Å²) in [4.78, 5) is 24.1.